The number of hydrogen-bond acceptors (Lipinski definition) is 3. The number of anilines is 1. The van der Waals surface area contributed by atoms with Crippen molar-refractivity contribution in [1.82, 2.24) is 0 Å². The van der Waals surface area contributed by atoms with E-state index in [-0.39, 0.29) is 17.4 Å². The highest BCUT2D eigenvalue weighted by Gasteiger charge is 2.31. The average Bonchev–Trinajstić information content (AvgIpc) is 2.56. The van der Waals surface area contributed by atoms with E-state index >= 15 is 0 Å². The van der Waals surface area contributed by atoms with Crippen LogP contribution in [0.2, 0.25) is 5.02 Å². The minimum Gasteiger partial charge on any atom is -0.490 e. The Morgan fingerprint density at radius 1 is 1.40 bits per heavy atom. The molecule has 0 fully saturated rings. The zero-order chi connectivity index (χ0) is 18.6. The van der Waals surface area contributed by atoms with Crippen molar-refractivity contribution >= 4 is 28.9 Å². The van der Waals surface area contributed by atoms with Gasteiger partial charge in [0.05, 0.1) is 11.6 Å². The summed E-state index contributed by atoms with van der Waals surface area (Å²) in [5.74, 6) is -1.19. The fourth-order valence-corrected chi connectivity index (χ4v) is 2.10. The standard InChI is InChI=1S/C18H16ClFN2O3/c1-11-8-12(4-7-16(11)21-3)22-17(23)18(2,24)10-25-13-5-6-14(19)15(20)9-13/h4-9,24H,10H2,1-2H3,(H,22,23)/t18-/m1/s1. The Bertz CT molecular complexity index is 847. The molecule has 1 amide bonds. The SMILES string of the molecule is [C-]#[N+]c1ccc(NC(=O)[C@](C)(O)COc2ccc(Cl)c(F)c2)cc1C. The van der Waals surface area contributed by atoms with E-state index in [0.29, 0.717) is 16.9 Å². The molecule has 1 atom stereocenters. The first-order valence-corrected chi connectivity index (χ1v) is 7.70. The number of benzene rings is 2. The summed E-state index contributed by atoms with van der Waals surface area (Å²) >= 11 is 5.58. The fourth-order valence-electron chi connectivity index (χ4n) is 1.98. The first-order valence-electron chi connectivity index (χ1n) is 7.33. The predicted molar refractivity (Wildman–Crippen MR) is 93.6 cm³/mol. The van der Waals surface area contributed by atoms with E-state index in [4.69, 9.17) is 22.9 Å². The van der Waals surface area contributed by atoms with Gasteiger partial charge in [0.1, 0.15) is 18.2 Å². The summed E-state index contributed by atoms with van der Waals surface area (Å²) in [5.41, 5.74) is -0.200. The number of nitrogens with one attached hydrogen (secondary N) is 1. The van der Waals surface area contributed by atoms with Gasteiger partial charge in [-0.2, -0.15) is 0 Å². The van der Waals surface area contributed by atoms with Crippen LogP contribution in [0.1, 0.15) is 12.5 Å². The molecule has 0 unspecified atom stereocenters. The number of hydrogen-bond donors (Lipinski definition) is 2. The molecule has 0 radical (unpaired) electrons. The third-order valence-corrected chi connectivity index (χ3v) is 3.78. The number of rotatable bonds is 5. The maximum atomic E-state index is 13.4. The first kappa shape index (κ1) is 18.7. The summed E-state index contributed by atoms with van der Waals surface area (Å²) in [6.07, 6.45) is 0. The number of aliphatic hydroxyl groups is 1. The molecule has 2 aromatic carbocycles. The predicted octanol–water partition coefficient (Wildman–Crippen LogP) is 4.11. The highest BCUT2D eigenvalue weighted by molar-refractivity contribution is 6.30. The number of amides is 1. The molecule has 5 nitrogen and oxygen atoms in total. The topological polar surface area (TPSA) is 62.9 Å². The molecular formula is C18H16ClFN2O3. The Morgan fingerprint density at radius 2 is 2.12 bits per heavy atom. The van der Waals surface area contributed by atoms with Crippen molar-refractivity contribution in [2.24, 2.45) is 0 Å². The second kappa shape index (κ2) is 7.51. The Labute approximate surface area is 149 Å². The molecular weight excluding hydrogens is 347 g/mol. The Balaban J connectivity index is 2.03. The van der Waals surface area contributed by atoms with Gasteiger partial charge in [-0.3, -0.25) is 4.79 Å². The second-order valence-electron chi connectivity index (χ2n) is 5.71. The number of carbonyl (C=O) groups excluding carboxylic acids is 1. The van der Waals surface area contributed by atoms with Crippen LogP contribution in [0.4, 0.5) is 15.8 Å². The van der Waals surface area contributed by atoms with Crippen molar-refractivity contribution in [2.75, 3.05) is 11.9 Å². The monoisotopic (exact) mass is 362 g/mol. The van der Waals surface area contributed by atoms with Gasteiger partial charge in [-0.25, -0.2) is 9.24 Å². The van der Waals surface area contributed by atoms with E-state index in [1.807, 2.05) is 0 Å². The number of nitrogens with zero attached hydrogens (tertiary/aromatic N) is 1. The lowest BCUT2D eigenvalue weighted by atomic mass is 10.1. The highest BCUT2D eigenvalue weighted by atomic mass is 35.5. The average molecular weight is 363 g/mol. The van der Waals surface area contributed by atoms with Gasteiger partial charge in [-0.15, -0.1) is 0 Å². The van der Waals surface area contributed by atoms with Gasteiger partial charge in [0.2, 0.25) is 0 Å². The summed E-state index contributed by atoms with van der Waals surface area (Å²) in [6, 6.07) is 8.62. The van der Waals surface area contributed by atoms with Crippen molar-refractivity contribution in [2.45, 2.75) is 19.4 Å². The van der Waals surface area contributed by atoms with Gasteiger partial charge in [0, 0.05) is 11.8 Å². The van der Waals surface area contributed by atoms with Gasteiger partial charge in [-0.1, -0.05) is 17.7 Å². The van der Waals surface area contributed by atoms with Crippen molar-refractivity contribution in [3.8, 4) is 5.75 Å². The molecule has 7 heteroatoms. The highest BCUT2D eigenvalue weighted by Crippen LogP contribution is 2.24. The van der Waals surface area contributed by atoms with Crippen molar-refractivity contribution in [3.63, 3.8) is 0 Å². The van der Waals surface area contributed by atoms with E-state index in [1.165, 1.54) is 19.1 Å². The number of aryl methyl sites for hydroxylation is 1. The maximum absolute atomic E-state index is 13.4. The van der Waals surface area contributed by atoms with E-state index < -0.39 is 17.3 Å². The van der Waals surface area contributed by atoms with Crippen molar-refractivity contribution < 1.29 is 19.0 Å². The minimum absolute atomic E-state index is 0.0462. The number of carbonyl (C=O) groups is 1. The van der Waals surface area contributed by atoms with Crippen LogP contribution in [0.25, 0.3) is 4.85 Å². The van der Waals surface area contributed by atoms with E-state index in [0.717, 1.165) is 6.07 Å². The largest absolute Gasteiger partial charge is 0.490 e. The zero-order valence-electron chi connectivity index (χ0n) is 13.6. The van der Waals surface area contributed by atoms with Gasteiger partial charge >= 0.3 is 0 Å². The maximum Gasteiger partial charge on any atom is 0.259 e. The van der Waals surface area contributed by atoms with Crippen LogP contribution in [-0.4, -0.2) is 23.2 Å². The molecule has 0 aliphatic heterocycles. The van der Waals surface area contributed by atoms with Gasteiger partial charge < -0.3 is 15.2 Å². The van der Waals surface area contributed by atoms with Crippen molar-refractivity contribution in [3.05, 3.63) is 64.2 Å². The molecule has 130 valence electrons. The molecule has 0 saturated heterocycles. The lowest BCUT2D eigenvalue weighted by molar-refractivity contribution is -0.135. The Hall–Kier alpha value is -2.62. The van der Waals surface area contributed by atoms with E-state index in [2.05, 4.69) is 10.2 Å². The third-order valence-electron chi connectivity index (χ3n) is 3.48. The second-order valence-corrected chi connectivity index (χ2v) is 6.11. The summed E-state index contributed by atoms with van der Waals surface area (Å²) in [4.78, 5) is 15.6. The van der Waals surface area contributed by atoms with Gasteiger partial charge in [-0.05, 0) is 43.7 Å². The van der Waals surface area contributed by atoms with E-state index in [1.54, 1.807) is 25.1 Å². The molecule has 0 heterocycles. The van der Waals surface area contributed by atoms with Crippen LogP contribution in [-0.2, 0) is 4.79 Å². The van der Waals surface area contributed by atoms with Crippen LogP contribution in [0.5, 0.6) is 5.75 Å². The molecule has 0 aromatic heterocycles. The van der Waals surface area contributed by atoms with E-state index in [9.17, 15) is 14.3 Å². The molecule has 2 aromatic rings. The van der Waals surface area contributed by atoms with Crippen LogP contribution in [0.15, 0.2) is 36.4 Å². The van der Waals surface area contributed by atoms with Gasteiger partial charge in [0.25, 0.3) is 5.91 Å². The number of halogens is 2. The van der Waals surface area contributed by atoms with Crippen LogP contribution in [0.3, 0.4) is 0 Å². The van der Waals surface area contributed by atoms with Gasteiger partial charge in [0.15, 0.2) is 11.3 Å². The molecule has 0 aliphatic rings. The molecule has 25 heavy (non-hydrogen) atoms. The van der Waals surface area contributed by atoms with Crippen molar-refractivity contribution in [1.29, 1.82) is 0 Å². The fraction of sp³-hybridized carbons (Fsp3) is 0.222. The zero-order valence-corrected chi connectivity index (χ0v) is 14.4. The lowest BCUT2D eigenvalue weighted by Crippen LogP contribution is -2.45. The first-order chi connectivity index (χ1) is 11.7. The Kier molecular flexibility index (Phi) is 5.62. The summed E-state index contributed by atoms with van der Waals surface area (Å²) in [7, 11) is 0. The molecule has 0 aliphatic carbocycles. The Morgan fingerprint density at radius 3 is 2.72 bits per heavy atom. The smallest absolute Gasteiger partial charge is 0.259 e. The minimum atomic E-state index is -1.84. The summed E-state index contributed by atoms with van der Waals surface area (Å²) in [5, 5.41) is 12.8. The molecule has 2 rings (SSSR count). The van der Waals surface area contributed by atoms with Crippen LogP contribution < -0.4 is 10.1 Å². The van der Waals surface area contributed by atoms with Crippen LogP contribution >= 0.6 is 11.6 Å². The lowest BCUT2D eigenvalue weighted by Gasteiger charge is -2.23. The molecule has 0 spiro atoms. The van der Waals surface area contributed by atoms with Crippen LogP contribution in [0, 0.1) is 19.3 Å². The normalized spacial score (nSPS) is 12.8. The summed E-state index contributed by atoms with van der Waals surface area (Å²) in [6.45, 7) is 9.67. The molecule has 2 N–H and O–H groups in total. The summed E-state index contributed by atoms with van der Waals surface area (Å²) < 4.78 is 18.6. The quantitative estimate of drug-likeness (QED) is 0.787. The third kappa shape index (κ3) is 4.69. The number of ether oxygens (including phenoxy) is 1. The molecule has 0 saturated carbocycles. The molecule has 0 bridgehead atoms.